The van der Waals surface area contributed by atoms with Crippen LogP contribution in [-0.4, -0.2) is 17.9 Å². The predicted octanol–water partition coefficient (Wildman–Crippen LogP) is 3.14. The van der Waals surface area contributed by atoms with Crippen molar-refractivity contribution < 1.29 is 18.7 Å². The molecule has 5 nitrogen and oxygen atoms in total. The van der Waals surface area contributed by atoms with Crippen LogP contribution in [0.15, 0.2) is 66.7 Å². The summed E-state index contributed by atoms with van der Waals surface area (Å²) in [7, 11) is 0. The van der Waals surface area contributed by atoms with E-state index in [4.69, 9.17) is 4.74 Å². The van der Waals surface area contributed by atoms with Gasteiger partial charge in [-0.3, -0.25) is 20.4 Å². The van der Waals surface area contributed by atoms with Crippen LogP contribution in [0.2, 0.25) is 0 Å². The molecule has 0 radical (unpaired) electrons. The lowest BCUT2D eigenvalue weighted by Gasteiger charge is -2.15. The zero-order chi connectivity index (χ0) is 19.2. The Labute approximate surface area is 156 Å². The normalized spacial score (nSPS) is 11.6. The molecule has 0 fully saturated rings. The van der Waals surface area contributed by atoms with Gasteiger partial charge in [0.15, 0.2) is 17.7 Å². The zero-order valence-electron chi connectivity index (χ0n) is 14.7. The van der Waals surface area contributed by atoms with Crippen LogP contribution in [0.5, 0.6) is 5.75 Å². The van der Waals surface area contributed by atoms with Crippen molar-refractivity contribution in [2.24, 2.45) is 0 Å². The van der Waals surface area contributed by atoms with Crippen molar-refractivity contribution in [3.63, 3.8) is 0 Å². The number of hydrogen-bond donors (Lipinski definition) is 2. The number of hydrogen-bond acceptors (Lipinski definition) is 3. The molecule has 0 spiro atoms. The number of carbonyl (C=O) groups excluding carboxylic acids is 2. The fraction of sp³-hybridized carbons (Fsp3) is 0.143. The van der Waals surface area contributed by atoms with Crippen molar-refractivity contribution in [2.45, 2.75) is 19.4 Å². The lowest BCUT2D eigenvalue weighted by molar-refractivity contribution is -0.132. The van der Waals surface area contributed by atoms with E-state index < -0.39 is 17.8 Å². The highest BCUT2D eigenvalue weighted by atomic mass is 19.1. The summed E-state index contributed by atoms with van der Waals surface area (Å²) >= 11 is 0. The molecule has 0 unspecified atom stereocenters. The molecule has 27 heavy (non-hydrogen) atoms. The molecular formula is C21H19FN2O3. The number of ether oxygens (including phenoxy) is 1. The smallest absolute Gasteiger partial charge is 0.279 e. The number of para-hydroxylation sites is 1. The predicted molar refractivity (Wildman–Crippen MR) is 100 cm³/mol. The van der Waals surface area contributed by atoms with Gasteiger partial charge in [-0.2, -0.15) is 0 Å². The van der Waals surface area contributed by atoms with Crippen molar-refractivity contribution in [3.05, 3.63) is 78.1 Å². The van der Waals surface area contributed by atoms with E-state index in [9.17, 15) is 14.0 Å². The molecule has 3 aromatic carbocycles. The minimum atomic E-state index is -0.970. The summed E-state index contributed by atoms with van der Waals surface area (Å²) in [5.41, 5.74) is 5.47. The van der Waals surface area contributed by atoms with Crippen LogP contribution in [0.1, 0.15) is 12.5 Å². The highest BCUT2D eigenvalue weighted by molar-refractivity contribution is 5.87. The van der Waals surface area contributed by atoms with Crippen molar-refractivity contribution in [2.75, 3.05) is 0 Å². The first-order valence-corrected chi connectivity index (χ1v) is 8.50. The minimum Gasteiger partial charge on any atom is -0.478 e. The van der Waals surface area contributed by atoms with Crippen molar-refractivity contribution in [1.29, 1.82) is 0 Å². The third-order valence-electron chi connectivity index (χ3n) is 4.01. The molecule has 0 saturated carbocycles. The van der Waals surface area contributed by atoms with Gasteiger partial charge in [-0.15, -0.1) is 0 Å². The molecular weight excluding hydrogens is 347 g/mol. The van der Waals surface area contributed by atoms with Gasteiger partial charge in [0.25, 0.3) is 5.91 Å². The van der Waals surface area contributed by atoms with E-state index >= 15 is 0 Å². The molecule has 0 bridgehead atoms. The molecule has 0 saturated heterocycles. The first-order valence-electron chi connectivity index (χ1n) is 8.50. The Balaban J connectivity index is 1.51. The zero-order valence-corrected chi connectivity index (χ0v) is 14.7. The van der Waals surface area contributed by atoms with E-state index in [0.29, 0.717) is 0 Å². The summed E-state index contributed by atoms with van der Waals surface area (Å²) in [5.74, 6) is -1.53. The van der Waals surface area contributed by atoms with Gasteiger partial charge in [0.1, 0.15) is 0 Å². The van der Waals surface area contributed by atoms with Gasteiger partial charge in [-0.25, -0.2) is 4.39 Å². The Hall–Kier alpha value is -3.41. The van der Waals surface area contributed by atoms with Gasteiger partial charge in [0.05, 0.1) is 6.42 Å². The Kier molecular flexibility index (Phi) is 5.66. The first-order chi connectivity index (χ1) is 13.0. The number of rotatable bonds is 5. The van der Waals surface area contributed by atoms with E-state index in [-0.39, 0.29) is 18.1 Å². The molecule has 0 heterocycles. The fourth-order valence-electron chi connectivity index (χ4n) is 2.60. The highest BCUT2D eigenvalue weighted by Gasteiger charge is 2.17. The maximum atomic E-state index is 13.6. The monoisotopic (exact) mass is 366 g/mol. The largest absolute Gasteiger partial charge is 0.478 e. The first kappa shape index (κ1) is 18.4. The Bertz CT molecular complexity index is 974. The van der Waals surface area contributed by atoms with Crippen LogP contribution < -0.4 is 15.6 Å². The number of benzene rings is 3. The molecule has 0 aromatic heterocycles. The van der Waals surface area contributed by atoms with Gasteiger partial charge in [0.2, 0.25) is 5.91 Å². The molecule has 3 rings (SSSR count). The Morgan fingerprint density at radius 2 is 1.67 bits per heavy atom. The van der Waals surface area contributed by atoms with Gasteiger partial charge in [-0.1, -0.05) is 54.6 Å². The second-order valence-corrected chi connectivity index (χ2v) is 6.09. The Morgan fingerprint density at radius 1 is 0.963 bits per heavy atom. The molecule has 2 amide bonds. The molecule has 0 aliphatic rings. The Morgan fingerprint density at radius 3 is 2.44 bits per heavy atom. The van der Waals surface area contributed by atoms with Crippen molar-refractivity contribution in [3.8, 4) is 5.75 Å². The lowest BCUT2D eigenvalue weighted by Crippen LogP contribution is -2.47. The molecule has 3 aromatic rings. The fourth-order valence-corrected chi connectivity index (χ4v) is 2.60. The third kappa shape index (κ3) is 4.82. The molecule has 2 N–H and O–H groups in total. The van der Waals surface area contributed by atoms with Gasteiger partial charge < -0.3 is 4.74 Å². The van der Waals surface area contributed by atoms with E-state index in [1.807, 2.05) is 42.5 Å². The SMILES string of the molecule is C[C@@H](Oc1ccccc1F)C(=O)NNC(=O)Cc1ccc2ccccc2c1. The number of hydrazine groups is 1. The topological polar surface area (TPSA) is 67.4 Å². The average Bonchev–Trinajstić information content (AvgIpc) is 2.67. The van der Waals surface area contributed by atoms with E-state index in [2.05, 4.69) is 10.9 Å². The van der Waals surface area contributed by atoms with Gasteiger partial charge >= 0.3 is 0 Å². The van der Waals surface area contributed by atoms with E-state index in [0.717, 1.165) is 16.3 Å². The van der Waals surface area contributed by atoms with Gasteiger partial charge in [-0.05, 0) is 35.4 Å². The van der Waals surface area contributed by atoms with E-state index in [1.165, 1.54) is 25.1 Å². The second-order valence-electron chi connectivity index (χ2n) is 6.09. The maximum Gasteiger partial charge on any atom is 0.279 e. The van der Waals surface area contributed by atoms with Crippen LogP contribution >= 0.6 is 0 Å². The summed E-state index contributed by atoms with van der Waals surface area (Å²) in [6.07, 6.45) is -0.851. The van der Waals surface area contributed by atoms with E-state index in [1.54, 1.807) is 6.07 Å². The van der Waals surface area contributed by atoms with Crippen molar-refractivity contribution >= 4 is 22.6 Å². The van der Waals surface area contributed by atoms with Crippen LogP contribution in [-0.2, 0) is 16.0 Å². The highest BCUT2D eigenvalue weighted by Crippen LogP contribution is 2.17. The number of nitrogens with one attached hydrogen (secondary N) is 2. The lowest BCUT2D eigenvalue weighted by atomic mass is 10.1. The summed E-state index contributed by atoms with van der Waals surface area (Å²) in [6, 6.07) is 19.4. The maximum absolute atomic E-state index is 13.6. The molecule has 6 heteroatoms. The number of fused-ring (bicyclic) bond motifs is 1. The average molecular weight is 366 g/mol. The molecule has 138 valence electrons. The number of amides is 2. The quantitative estimate of drug-likeness (QED) is 0.682. The van der Waals surface area contributed by atoms with Crippen LogP contribution in [0, 0.1) is 5.82 Å². The van der Waals surface area contributed by atoms with Gasteiger partial charge in [0, 0.05) is 0 Å². The van der Waals surface area contributed by atoms with Crippen LogP contribution in [0.4, 0.5) is 4.39 Å². The standard InChI is InChI=1S/C21H19FN2O3/c1-14(27-19-9-5-4-8-18(19)22)21(26)24-23-20(25)13-15-10-11-16-6-2-3-7-17(16)12-15/h2-12,14H,13H2,1H3,(H,23,25)(H,24,26)/t14-/m1/s1. The molecule has 0 aliphatic heterocycles. The number of halogens is 1. The summed E-state index contributed by atoms with van der Waals surface area (Å²) in [4.78, 5) is 24.1. The molecule has 1 atom stereocenters. The summed E-state index contributed by atoms with van der Waals surface area (Å²) < 4.78 is 18.8. The van der Waals surface area contributed by atoms with Crippen LogP contribution in [0.3, 0.4) is 0 Å². The van der Waals surface area contributed by atoms with Crippen molar-refractivity contribution in [1.82, 2.24) is 10.9 Å². The summed E-state index contributed by atoms with van der Waals surface area (Å²) in [6.45, 7) is 1.47. The summed E-state index contributed by atoms with van der Waals surface area (Å²) in [5, 5.41) is 2.13. The minimum absolute atomic E-state index is 0.0253. The molecule has 0 aliphatic carbocycles. The number of carbonyl (C=O) groups is 2. The third-order valence-corrected chi connectivity index (χ3v) is 4.01. The second kappa shape index (κ2) is 8.31. The van der Waals surface area contributed by atoms with Crippen LogP contribution in [0.25, 0.3) is 10.8 Å².